The van der Waals surface area contributed by atoms with Gasteiger partial charge in [-0.1, -0.05) is 24.3 Å². The number of carbonyl (C=O) groups is 2. The first-order valence-electron chi connectivity index (χ1n) is 8.74. The Hall–Kier alpha value is -2.44. The van der Waals surface area contributed by atoms with Crippen molar-refractivity contribution in [2.75, 3.05) is 38.1 Å². The molecule has 0 saturated carbocycles. The molecule has 26 heavy (non-hydrogen) atoms. The number of aryl methyl sites for hydroxylation is 1. The highest BCUT2D eigenvalue weighted by Crippen LogP contribution is 2.37. The maximum Gasteiger partial charge on any atom is 0.282 e. The van der Waals surface area contributed by atoms with Gasteiger partial charge < -0.3 is 9.80 Å². The highest BCUT2D eigenvalue weighted by Gasteiger charge is 2.43. The monoisotopic (exact) mass is 367 g/mol. The molecule has 0 atom stereocenters. The van der Waals surface area contributed by atoms with E-state index in [0.717, 1.165) is 36.6 Å². The van der Waals surface area contributed by atoms with Crippen molar-refractivity contribution in [2.24, 2.45) is 0 Å². The smallest absolute Gasteiger partial charge is 0.282 e. The van der Waals surface area contributed by atoms with Crippen molar-refractivity contribution in [3.8, 4) is 0 Å². The molecule has 134 valence electrons. The minimum Gasteiger partial charge on any atom is -0.364 e. The number of carbonyl (C=O) groups excluding carboxylic acids is 2. The molecule has 1 fully saturated rings. The third-order valence-corrected chi connectivity index (χ3v) is 5.89. The van der Waals surface area contributed by atoms with Crippen LogP contribution in [0, 0.1) is 6.92 Å². The van der Waals surface area contributed by atoms with E-state index >= 15 is 0 Å². The number of hydrogen-bond donors (Lipinski definition) is 0. The zero-order valence-corrected chi connectivity index (χ0v) is 15.8. The molecule has 6 heteroatoms. The molecule has 0 radical (unpaired) electrons. The van der Waals surface area contributed by atoms with Crippen LogP contribution in [-0.2, 0) is 9.59 Å². The van der Waals surface area contributed by atoms with E-state index in [1.807, 2.05) is 48.7 Å². The van der Waals surface area contributed by atoms with Crippen LogP contribution in [0.1, 0.15) is 10.4 Å². The minimum absolute atomic E-state index is 0.211. The first kappa shape index (κ1) is 17.0. The number of likely N-dealkylation sites (N-methyl/N-ethyl adjacent to an activating group) is 1. The normalized spacial score (nSPS) is 19.0. The van der Waals surface area contributed by atoms with Crippen molar-refractivity contribution < 1.29 is 9.59 Å². The van der Waals surface area contributed by atoms with Crippen LogP contribution in [0.4, 0.5) is 5.69 Å². The van der Waals surface area contributed by atoms with E-state index in [-0.39, 0.29) is 11.8 Å². The molecular formula is C20H21N3O2S. The zero-order chi connectivity index (χ0) is 18.3. The Balaban J connectivity index is 1.80. The summed E-state index contributed by atoms with van der Waals surface area (Å²) < 4.78 is 0. The largest absolute Gasteiger partial charge is 0.364 e. The lowest BCUT2D eigenvalue weighted by molar-refractivity contribution is -0.120. The predicted molar refractivity (Wildman–Crippen MR) is 104 cm³/mol. The molecule has 2 aliphatic heterocycles. The molecule has 4 rings (SSSR count). The van der Waals surface area contributed by atoms with Crippen LogP contribution >= 0.6 is 11.3 Å². The number of nitrogens with zero attached hydrogens (tertiary/aromatic N) is 3. The first-order valence-corrected chi connectivity index (χ1v) is 9.62. The Morgan fingerprint density at radius 2 is 1.65 bits per heavy atom. The van der Waals surface area contributed by atoms with E-state index in [1.165, 1.54) is 16.2 Å². The van der Waals surface area contributed by atoms with E-state index in [1.54, 1.807) is 0 Å². The lowest BCUT2D eigenvalue weighted by Crippen LogP contribution is -2.46. The summed E-state index contributed by atoms with van der Waals surface area (Å²) >= 11 is 1.50. The molecule has 2 amide bonds. The summed E-state index contributed by atoms with van der Waals surface area (Å²) in [5, 5.41) is 1.94. The number of thiophene rings is 1. The Kier molecular flexibility index (Phi) is 4.38. The average Bonchev–Trinajstić information content (AvgIpc) is 3.23. The summed E-state index contributed by atoms with van der Waals surface area (Å²) in [4.78, 5) is 33.2. The molecule has 3 heterocycles. The molecule has 2 aromatic rings. The van der Waals surface area contributed by atoms with Gasteiger partial charge in [0.2, 0.25) is 0 Å². The Bertz CT molecular complexity index is 880. The number of benzene rings is 1. The van der Waals surface area contributed by atoms with E-state index in [4.69, 9.17) is 0 Å². The molecule has 0 unspecified atom stereocenters. The van der Waals surface area contributed by atoms with E-state index in [9.17, 15) is 9.59 Å². The van der Waals surface area contributed by atoms with Crippen molar-refractivity contribution in [1.82, 2.24) is 9.80 Å². The molecule has 2 aliphatic rings. The van der Waals surface area contributed by atoms with Crippen LogP contribution in [0.3, 0.4) is 0 Å². The number of anilines is 1. The quantitative estimate of drug-likeness (QED) is 0.782. The van der Waals surface area contributed by atoms with Gasteiger partial charge in [0.15, 0.2) is 0 Å². The lowest BCUT2D eigenvalue weighted by atomic mass is 10.1. The zero-order valence-electron chi connectivity index (χ0n) is 14.9. The first-order chi connectivity index (χ1) is 12.6. The van der Waals surface area contributed by atoms with Gasteiger partial charge in [0.05, 0.1) is 11.3 Å². The molecule has 0 aliphatic carbocycles. The highest BCUT2D eigenvalue weighted by molar-refractivity contribution is 7.11. The predicted octanol–water partition coefficient (Wildman–Crippen LogP) is 2.59. The fourth-order valence-corrected chi connectivity index (χ4v) is 4.28. The lowest BCUT2D eigenvalue weighted by Gasteiger charge is -2.34. The molecule has 0 N–H and O–H groups in total. The van der Waals surface area contributed by atoms with Crippen LogP contribution < -0.4 is 4.90 Å². The van der Waals surface area contributed by atoms with Gasteiger partial charge in [0.25, 0.3) is 11.8 Å². The molecule has 5 nitrogen and oxygen atoms in total. The number of piperazine rings is 1. The Labute approximate surface area is 157 Å². The van der Waals surface area contributed by atoms with Crippen LogP contribution in [0.25, 0.3) is 5.57 Å². The Morgan fingerprint density at radius 3 is 2.31 bits per heavy atom. The van der Waals surface area contributed by atoms with Crippen molar-refractivity contribution in [2.45, 2.75) is 6.92 Å². The second-order valence-corrected chi connectivity index (χ2v) is 7.67. The van der Waals surface area contributed by atoms with Gasteiger partial charge in [0, 0.05) is 31.1 Å². The SMILES string of the molecule is Cc1ccccc1N1C(=O)C(c2cccs2)=C(N2CCN(C)CC2)C1=O. The van der Waals surface area contributed by atoms with Gasteiger partial charge in [-0.3, -0.25) is 9.59 Å². The van der Waals surface area contributed by atoms with Crippen LogP contribution in [-0.4, -0.2) is 54.8 Å². The summed E-state index contributed by atoms with van der Waals surface area (Å²) in [5.74, 6) is -0.432. The maximum atomic E-state index is 13.4. The Morgan fingerprint density at radius 1 is 0.923 bits per heavy atom. The topological polar surface area (TPSA) is 43.9 Å². The summed E-state index contributed by atoms with van der Waals surface area (Å²) in [6.45, 7) is 5.19. The molecule has 1 aromatic carbocycles. The third kappa shape index (κ3) is 2.75. The maximum absolute atomic E-state index is 13.4. The van der Waals surface area contributed by atoms with Gasteiger partial charge in [-0.15, -0.1) is 11.3 Å². The van der Waals surface area contributed by atoms with Gasteiger partial charge in [0.1, 0.15) is 5.70 Å². The fourth-order valence-electron chi connectivity index (χ4n) is 3.52. The number of para-hydroxylation sites is 1. The third-order valence-electron chi connectivity index (χ3n) is 5.00. The molecule has 0 spiro atoms. The van der Waals surface area contributed by atoms with Crippen molar-refractivity contribution in [1.29, 1.82) is 0 Å². The standard InChI is InChI=1S/C20H21N3O2S/c1-14-6-3-4-7-15(14)23-19(24)17(16-8-5-13-26-16)18(20(23)25)22-11-9-21(2)10-12-22/h3-8,13H,9-12H2,1-2H3. The molecule has 0 bridgehead atoms. The van der Waals surface area contributed by atoms with E-state index < -0.39 is 0 Å². The average molecular weight is 367 g/mol. The van der Waals surface area contributed by atoms with E-state index in [2.05, 4.69) is 16.8 Å². The van der Waals surface area contributed by atoms with Crippen LogP contribution in [0.2, 0.25) is 0 Å². The van der Waals surface area contributed by atoms with Crippen molar-refractivity contribution >= 4 is 34.4 Å². The van der Waals surface area contributed by atoms with Crippen LogP contribution in [0.5, 0.6) is 0 Å². The number of hydrogen-bond acceptors (Lipinski definition) is 5. The van der Waals surface area contributed by atoms with Crippen LogP contribution in [0.15, 0.2) is 47.5 Å². The second-order valence-electron chi connectivity index (χ2n) is 6.72. The van der Waals surface area contributed by atoms with Gasteiger partial charge in [-0.05, 0) is 37.0 Å². The van der Waals surface area contributed by atoms with Gasteiger partial charge >= 0.3 is 0 Å². The van der Waals surface area contributed by atoms with Gasteiger partial charge in [-0.25, -0.2) is 4.90 Å². The molecule has 1 aromatic heterocycles. The fraction of sp³-hybridized carbons (Fsp3) is 0.300. The van der Waals surface area contributed by atoms with Gasteiger partial charge in [-0.2, -0.15) is 0 Å². The van der Waals surface area contributed by atoms with Crippen molar-refractivity contribution in [3.63, 3.8) is 0 Å². The highest BCUT2D eigenvalue weighted by atomic mass is 32.1. The second kappa shape index (κ2) is 6.70. The van der Waals surface area contributed by atoms with E-state index in [0.29, 0.717) is 17.0 Å². The summed E-state index contributed by atoms with van der Waals surface area (Å²) in [5.41, 5.74) is 2.67. The number of amides is 2. The summed E-state index contributed by atoms with van der Waals surface area (Å²) in [7, 11) is 2.08. The minimum atomic E-state index is -0.222. The number of imide groups is 1. The number of rotatable bonds is 3. The molecule has 1 saturated heterocycles. The summed E-state index contributed by atoms with van der Waals surface area (Å²) in [6, 6.07) is 11.4. The van der Waals surface area contributed by atoms with Crippen molar-refractivity contribution in [3.05, 3.63) is 57.9 Å². The molecular weight excluding hydrogens is 346 g/mol. The summed E-state index contributed by atoms with van der Waals surface area (Å²) in [6.07, 6.45) is 0.